The molecule has 0 unspecified atom stereocenters. The lowest BCUT2D eigenvalue weighted by molar-refractivity contribution is -0.134. The van der Waals surface area contributed by atoms with Gasteiger partial charge in [-0.05, 0) is 44.3 Å². The van der Waals surface area contributed by atoms with E-state index in [1.54, 1.807) is 0 Å². The Hall–Kier alpha value is -1.39. The molecule has 3 rings (SSSR count). The first-order chi connectivity index (χ1) is 10.8. The van der Waals surface area contributed by atoms with E-state index in [0.29, 0.717) is 0 Å². The molecule has 2 aliphatic rings. The van der Waals surface area contributed by atoms with Gasteiger partial charge in [-0.1, -0.05) is 43.2 Å². The second-order valence-electron chi connectivity index (χ2n) is 6.55. The zero-order chi connectivity index (χ0) is 15.4. The minimum absolute atomic E-state index is 0.0637. The highest BCUT2D eigenvalue weighted by Gasteiger charge is 2.47. The van der Waals surface area contributed by atoms with Gasteiger partial charge in [0.25, 0.3) is 0 Å². The monoisotopic (exact) mass is 302 g/mol. The third-order valence-electron chi connectivity index (χ3n) is 5.25. The maximum absolute atomic E-state index is 13.0. The quantitative estimate of drug-likeness (QED) is 0.877. The molecule has 0 aromatic heterocycles. The molecule has 0 spiro atoms. The van der Waals surface area contributed by atoms with Gasteiger partial charge >= 0.3 is 0 Å². The molecule has 1 saturated carbocycles. The molecule has 2 N–H and O–H groups in total. The van der Waals surface area contributed by atoms with Gasteiger partial charge in [-0.2, -0.15) is 0 Å². The number of aliphatic hydroxyl groups excluding tert-OH is 1. The number of carbonyl (C=O) groups excluding carboxylic acids is 1. The molecule has 0 bridgehead atoms. The lowest BCUT2D eigenvalue weighted by Crippen LogP contribution is -2.57. The topological polar surface area (TPSA) is 52.6 Å². The highest BCUT2D eigenvalue weighted by Crippen LogP contribution is 2.38. The van der Waals surface area contributed by atoms with Crippen molar-refractivity contribution in [1.82, 2.24) is 10.2 Å². The maximum atomic E-state index is 13.0. The Bertz CT molecular complexity index is 491. The first-order valence-electron chi connectivity index (χ1n) is 8.48. The molecule has 4 nitrogen and oxygen atoms in total. The van der Waals surface area contributed by atoms with Crippen LogP contribution < -0.4 is 5.32 Å². The van der Waals surface area contributed by atoms with Gasteiger partial charge in [0.05, 0.1) is 12.6 Å². The van der Waals surface area contributed by atoms with Gasteiger partial charge in [0.15, 0.2) is 0 Å². The van der Waals surface area contributed by atoms with Crippen LogP contribution in [0.3, 0.4) is 0 Å². The molecule has 1 aliphatic carbocycles. The van der Waals surface area contributed by atoms with Crippen LogP contribution in [0.15, 0.2) is 30.3 Å². The van der Waals surface area contributed by atoms with E-state index in [1.807, 2.05) is 30.3 Å². The molecule has 1 amide bonds. The van der Waals surface area contributed by atoms with Crippen molar-refractivity contribution in [3.05, 3.63) is 35.9 Å². The van der Waals surface area contributed by atoms with Crippen molar-refractivity contribution >= 4 is 5.91 Å². The summed E-state index contributed by atoms with van der Waals surface area (Å²) >= 11 is 0. The molecule has 120 valence electrons. The largest absolute Gasteiger partial charge is 0.394 e. The van der Waals surface area contributed by atoms with Gasteiger partial charge in [-0.25, -0.2) is 0 Å². The first kappa shape index (κ1) is 15.5. The van der Waals surface area contributed by atoms with Crippen LogP contribution in [0, 0.1) is 0 Å². The van der Waals surface area contributed by atoms with Crippen molar-refractivity contribution < 1.29 is 9.90 Å². The number of amides is 1. The minimum atomic E-state index is -0.335. The molecule has 2 fully saturated rings. The summed E-state index contributed by atoms with van der Waals surface area (Å²) in [7, 11) is 0. The predicted molar refractivity (Wildman–Crippen MR) is 86.4 cm³/mol. The van der Waals surface area contributed by atoms with Crippen LogP contribution in [0.25, 0.3) is 0 Å². The van der Waals surface area contributed by atoms with Crippen molar-refractivity contribution in [3.63, 3.8) is 0 Å². The molecule has 22 heavy (non-hydrogen) atoms. The molecule has 1 heterocycles. The van der Waals surface area contributed by atoms with Crippen LogP contribution in [0.2, 0.25) is 0 Å². The average molecular weight is 302 g/mol. The number of carbonyl (C=O) groups is 1. The van der Waals surface area contributed by atoms with Crippen LogP contribution in [0.1, 0.15) is 50.1 Å². The van der Waals surface area contributed by atoms with Crippen molar-refractivity contribution in [2.75, 3.05) is 19.7 Å². The number of benzene rings is 1. The number of nitrogens with one attached hydrogen (secondary N) is 1. The van der Waals surface area contributed by atoms with E-state index in [1.165, 1.54) is 12.8 Å². The standard InChI is InChI=1S/C18H26N2O2/c21-14-16(15-8-2-1-3-9-15)19-17(22)18(10-4-5-11-18)20-12-6-7-13-20/h1-3,8-9,16,21H,4-7,10-14H2,(H,19,22)/t16-/m0/s1. The SMILES string of the molecule is O=C(N[C@@H](CO)c1ccccc1)C1(N2CCCC2)CCCC1. The second kappa shape index (κ2) is 6.80. The molecule has 1 aromatic rings. The summed E-state index contributed by atoms with van der Waals surface area (Å²) in [6.45, 7) is 2.00. The number of hydrogen-bond donors (Lipinski definition) is 2. The maximum Gasteiger partial charge on any atom is 0.241 e. The lowest BCUT2D eigenvalue weighted by atomic mass is 9.93. The van der Waals surface area contributed by atoms with Gasteiger partial charge in [0, 0.05) is 0 Å². The fourth-order valence-corrected chi connectivity index (χ4v) is 4.00. The van der Waals surface area contributed by atoms with E-state index in [4.69, 9.17) is 0 Å². The van der Waals surface area contributed by atoms with Gasteiger partial charge < -0.3 is 10.4 Å². The summed E-state index contributed by atoms with van der Waals surface area (Å²) in [5, 5.41) is 12.8. The van der Waals surface area contributed by atoms with Gasteiger partial charge in [0.1, 0.15) is 5.54 Å². The smallest absolute Gasteiger partial charge is 0.241 e. The highest BCUT2D eigenvalue weighted by atomic mass is 16.3. The summed E-state index contributed by atoms with van der Waals surface area (Å²) in [5.41, 5.74) is 0.631. The normalized spacial score (nSPS) is 22.6. The first-order valence-corrected chi connectivity index (χ1v) is 8.48. The number of rotatable bonds is 5. The number of aliphatic hydroxyl groups is 1. The fraction of sp³-hybridized carbons (Fsp3) is 0.611. The summed E-state index contributed by atoms with van der Waals surface area (Å²) < 4.78 is 0. The van der Waals surface area contributed by atoms with Gasteiger partial charge in [0.2, 0.25) is 5.91 Å². The number of likely N-dealkylation sites (tertiary alicyclic amines) is 1. The third-order valence-corrected chi connectivity index (χ3v) is 5.25. The lowest BCUT2D eigenvalue weighted by Gasteiger charge is -2.38. The summed E-state index contributed by atoms with van der Waals surface area (Å²) in [6.07, 6.45) is 6.53. The van der Waals surface area contributed by atoms with Crippen molar-refractivity contribution in [2.24, 2.45) is 0 Å². The van der Waals surface area contributed by atoms with E-state index in [9.17, 15) is 9.90 Å². The minimum Gasteiger partial charge on any atom is -0.394 e. The number of nitrogens with zero attached hydrogens (tertiary/aromatic N) is 1. The van der Waals surface area contributed by atoms with Crippen molar-refractivity contribution in [1.29, 1.82) is 0 Å². The highest BCUT2D eigenvalue weighted by molar-refractivity contribution is 5.87. The zero-order valence-corrected chi connectivity index (χ0v) is 13.1. The van der Waals surface area contributed by atoms with E-state index in [0.717, 1.165) is 44.3 Å². The molecule has 1 atom stereocenters. The van der Waals surface area contributed by atoms with Crippen LogP contribution in [0.5, 0.6) is 0 Å². The predicted octanol–water partition coefficient (Wildman–Crippen LogP) is 2.24. The van der Waals surface area contributed by atoms with Gasteiger partial charge in [-0.3, -0.25) is 9.69 Å². The Morgan fingerprint density at radius 1 is 1.14 bits per heavy atom. The molecule has 1 saturated heterocycles. The van der Waals surface area contributed by atoms with Crippen molar-refractivity contribution in [2.45, 2.75) is 50.1 Å². The zero-order valence-electron chi connectivity index (χ0n) is 13.1. The third kappa shape index (κ3) is 2.90. The Morgan fingerprint density at radius 3 is 2.36 bits per heavy atom. The average Bonchev–Trinajstić information content (AvgIpc) is 3.24. The summed E-state index contributed by atoms with van der Waals surface area (Å²) in [5.74, 6) is 0.106. The Balaban J connectivity index is 1.76. The van der Waals surface area contributed by atoms with Crippen LogP contribution >= 0.6 is 0 Å². The van der Waals surface area contributed by atoms with E-state index >= 15 is 0 Å². The Labute approximate surface area is 132 Å². The Kier molecular flexibility index (Phi) is 4.79. The van der Waals surface area contributed by atoms with Crippen molar-refractivity contribution in [3.8, 4) is 0 Å². The Morgan fingerprint density at radius 2 is 1.77 bits per heavy atom. The summed E-state index contributed by atoms with van der Waals surface area (Å²) in [6, 6.07) is 9.43. The van der Waals surface area contributed by atoms with Crippen LogP contribution in [0.4, 0.5) is 0 Å². The number of hydrogen-bond acceptors (Lipinski definition) is 3. The molecular weight excluding hydrogens is 276 g/mol. The molecule has 1 aromatic carbocycles. The van der Waals surface area contributed by atoms with E-state index in [-0.39, 0.29) is 24.1 Å². The molecule has 0 radical (unpaired) electrons. The molecule has 1 aliphatic heterocycles. The van der Waals surface area contributed by atoms with Crippen LogP contribution in [-0.4, -0.2) is 41.1 Å². The van der Waals surface area contributed by atoms with Crippen LogP contribution in [-0.2, 0) is 4.79 Å². The summed E-state index contributed by atoms with van der Waals surface area (Å²) in [4.78, 5) is 15.4. The second-order valence-corrected chi connectivity index (χ2v) is 6.55. The van der Waals surface area contributed by atoms with Gasteiger partial charge in [-0.15, -0.1) is 0 Å². The van der Waals surface area contributed by atoms with E-state index in [2.05, 4.69) is 10.2 Å². The fourth-order valence-electron chi connectivity index (χ4n) is 4.00. The van der Waals surface area contributed by atoms with E-state index < -0.39 is 0 Å². The molecule has 4 heteroatoms. The molecular formula is C18H26N2O2.